The molecule has 0 saturated heterocycles. The van der Waals surface area contributed by atoms with E-state index in [0.29, 0.717) is 17.0 Å². The Kier molecular flexibility index (Phi) is 5.20. The molecule has 2 aromatic carbocycles. The molecule has 1 saturated carbocycles. The summed E-state index contributed by atoms with van der Waals surface area (Å²) in [4.78, 5) is 26.2. The third-order valence-corrected chi connectivity index (χ3v) is 6.06. The Hall–Kier alpha value is -3.94. The van der Waals surface area contributed by atoms with Crippen molar-refractivity contribution in [3.63, 3.8) is 0 Å². The molecule has 5 rings (SSSR count). The van der Waals surface area contributed by atoms with Gasteiger partial charge in [0.15, 0.2) is 0 Å². The zero-order chi connectivity index (χ0) is 23.1. The number of benzene rings is 2. The first-order chi connectivity index (χ1) is 15.9. The van der Waals surface area contributed by atoms with Crippen molar-refractivity contribution >= 4 is 22.5 Å². The van der Waals surface area contributed by atoms with Crippen LogP contribution in [0.15, 0.2) is 53.5 Å². The van der Waals surface area contributed by atoms with Crippen molar-refractivity contribution in [1.29, 1.82) is 0 Å². The van der Waals surface area contributed by atoms with E-state index >= 15 is 0 Å². The Morgan fingerprint density at radius 1 is 1.15 bits per heavy atom. The fourth-order valence-corrected chi connectivity index (χ4v) is 3.95. The Morgan fingerprint density at radius 3 is 2.70 bits per heavy atom. The molecule has 0 unspecified atom stereocenters. The van der Waals surface area contributed by atoms with E-state index in [1.165, 1.54) is 10.2 Å². The van der Waals surface area contributed by atoms with Gasteiger partial charge in [0.1, 0.15) is 17.8 Å². The monoisotopic (exact) mass is 443 g/mol. The number of aromatic nitrogens is 4. The molecule has 1 amide bonds. The summed E-state index contributed by atoms with van der Waals surface area (Å²) in [6.07, 6.45) is 3.75. The van der Waals surface area contributed by atoms with E-state index in [9.17, 15) is 9.59 Å². The molecule has 1 fully saturated rings. The first-order valence-corrected chi connectivity index (χ1v) is 10.9. The van der Waals surface area contributed by atoms with Gasteiger partial charge in [-0.25, -0.2) is 9.36 Å². The summed E-state index contributed by atoms with van der Waals surface area (Å²) >= 11 is 0. The molecule has 0 radical (unpaired) electrons. The normalized spacial score (nSPS) is 13.3. The van der Waals surface area contributed by atoms with Crippen LogP contribution in [0.4, 0.5) is 5.69 Å². The van der Waals surface area contributed by atoms with Crippen LogP contribution in [0.25, 0.3) is 16.6 Å². The lowest BCUT2D eigenvalue weighted by molar-refractivity contribution is -0.117. The van der Waals surface area contributed by atoms with Gasteiger partial charge in [0, 0.05) is 23.1 Å². The first-order valence-electron chi connectivity index (χ1n) is 10.9. The van der Waals surface area contributed by atoms with Crippen LogP contribution in [0.1, 0.15) is 35.6 Å². The van der Waals surface area contributed by atoms with Crippen LogP contribution < -0.4 is 15.6 Å². The van der Waals surface area contributed by atoms with Gasteiger partial charge in [0.2, 0.25) is 5.91 Å². The molecule has 0 bridgehead atoms. The van der Waals surface area contributed by atoms with Crippen molar-refractivity contribution in [1.82, 2.24) is 19.6 Å². The highest BCUT2D eigenvalue weighted by Gasteiger charge is 2.30. The van der Waals surface area contributed by atoms with Crippen LogP contribution in [0.3, 0.4) is 0 Å². The van der Waals surface area contributed by atoms with Gasteiger partial charge in [-0.05, 0) is 62.1 Å². The van der Waals surface area contributed by atoms with Gasteiger partial charge in [-0.2, -0.15) is 10.2 Å². The van der Waals surface area contributed by atoms with E-state index in [-0.39, 0.29) is 23.9 Å². The van der Waals surface area contributed by atoms with Crippen LogP contribution in [-0.4, -0.2) is 32.6 Å². The highest BCUT2D eigenvalue weighted by molar-refractivity contribution is 5.91. The first kappa shape index (κ1) is 20.9. The highest BCUT2D eigenvalue weighted by Crippen LogP contribution is 2.41. The van der Waals surface area contributed by atoms with Crippen LogP contribution in [0.5, 0.6) is 5.75 Å². The lowest BCUT2D eigenvalue weighted by Crippen LogP contribution is -2.31. The Bertz CT molecular complexity index is 1430. The Morgan fingerprint density at radius 2 is 1.97 bits per heavy atom. The molecule has 0 atom stereocenters. The minimum atomic E-state index is -0.342. The maximum atomic E-state index is 13.5. The van der Waals surface area contributed by atoms with Gasteiger partial charge in [0.05, 0.1) is 24.7 Å². The average Bonchev–Trinajstić information content (AvgIpc) is 3.55. The second-order valence-electron chi connectivity index (χ2n) is 8.49. The minimum Gasteiger partial charge on any atom is -0.497 e. The standard InChI is InChI=1S/C25H25N5O3/c1-15-7-10-19(11-16(15)2)30-24-21(13-26-30)23(17-8-9-17)28-29(25(24)32)14-22(31)27-18-5-4-6-20(12-18)33-3/h4-7,10-13,17H,8-9,14H2,1-3H3,(H,27,31). The van der Waals surface area contributed by atoms with Crippen molar-refractivity contribution in [2.45, 2.75) is 39.2 Å². The van der Waals surface area contributed by atoms with E-state index in [0.717, 1.165) is 35.2 Å². The van der Waals surface area contributed by atoms with Gasteiger partial charge in [-0.1, -0.05) is 12.1 Å². The quantitative estimate of drug-likeness (QED) is 0.490. The number of rotatable bonds is 6. The molecule has 0 spiro atoms. The van der Waals surface area contributed by atoms with Crippen molar-refractivity contribution in [2.24, 2.45) is 0 Å². The summed E-state index contributed by atoms with van der Waals surface area (Å²) in [6, 6.07) is 13.1. The van der Waals surface area contributed by atoms with E-state index in [1.54, 1.807) is 42.3 Å². The molecule has 8 heteroatoms. The second kappa shape index (κ2) is 8.20. The fourth-order valence-electron chi connectivity index (χ4n) is 3.95. The predicted octanol–water partition coefficient (Wildman–Crippen LogP) is 3.72. The summed E-state index contributed by atoms with van der Waals surface area (Å²) < 4.78 is 8.12. The van der Waals surface area contributed by atoms with Gasteiger partial charge >= 0.3 is 0 Å². The molecule has 33 heavy (non-hydrogen) atoms. The number of nitrogens with zero attached hydrogens (tertiary/aromatic N) is 4. The molecule has 2 aromatic heterocycles. The lowest BCUT2D eigenvalue weighted by atomic mass is 10.1. The molecular weight excluding hydrogens is 418 g/mol. The number of fused-ring (bicyclic) bond motifs is 1. The summed E-state index contributed by atoms with van der Waals surface area (Å²) in [5.41, 5.74) is 4.62. The van der Waals surface area contributed by atoms with E-state index in [1.807, 2.05) is 32.0 Å². The lowest BCUT2D eigenvalue weighted by Gasteiger charge is -2.11. The van der Waals surface area contributed by atoms with E-state index in [2.05, 4.69) is 15.5 Å². The molecule has 1 aliphatic rings. The van der Waals surface area contributed by atoms with Gasteiger partial charge in [-0.3, -0.25) is 9.59 Å². The van der Waals surface area contributed by atoms with E-state index in [4.69, 9.17) is 4.74 Å². The van der Waals surface area contributed by atoms with Gasteiger partial charge in [-0.15, -0.1) is 0 Å². The molecule has 2 heterocycles. The zero-order valence-corrected chi connectivity index (χ0v) is 18.8. The molecular formula is C25H25N5O3. The summed E-state index contributed by atoms with van der Waals surface area (Å²) in [5, 5.41) is 12.7. The van der Waals surface area contributed by atoms with Crippen molar-refractivity contribution in [3.05, 3.63) is 75.8 Å². The Balaban J connectivity index is 1.55. The topological polar surface area (TPSA) is 91.0 Å². The van der Waals surface area contributed by atoms with Crippen LogP contribution in [-0.2, 0) is 11.3 Å². The number of aryl methyl sites for hydroxylation is 2. The van der Waals surface area contributed by atoms with Crippen LogP contribution in [0, 0.1) is 13.8 Å². The summed E-state index contributed by atoms with van der Waals surface area (Å²) in [5.74, 6) is 0.590. The number of ether oxygens (including phenoxy) is 1. The highest BCUT2D eigenvalue weighted by atomic mass is 16.5. The minimum absolute atomic E-state index is 0.191. The Labute approximate surface area is 190 Å². The number of nitrogens with one attached hydrogen (secondary N) is 1. The average molecular weight is 444 g/mol. The number of anilines is 1. The third-order valence-electron chi connectivity index (χ3n) is 6.06. The maximum absolute atomic E-state index is 13.5. The molecule has 168 valence electrons. The largest absolute Gasteiger partial charge is 0.497 e. The van der Waals surface area contributed by atoms with Crippen molar-refractivity contribution in [2.75, 3.05) is 12.4 Å². The molecule has 1 N–H and O–H groups in total. The number of carbonyl (C=O) groups excluding carboxylic acids is 1. The van der Waals surface area contributed by atoms with Crippen molar-refractivity contribution in [3.8, 4) is 11.4 Å². The number of methoxy groups -OCH3 is 1. The molecule has 8 nitrogen and oxygen atoms in total. The zero-order valence-electron chi connectivity index (χ0n) is 18.8. The predicted molar refractivity (Wildman–Crippen MR) is 126 cm³/mol. The fraction of sp³-hybridized carbons (Fsp3) is 0.280. The number of hydrogen-bond acceptors (Lipinski definition) is 5. The smallest absolute Gasteiger partial charge is 0.293 e. The van der Waals surface area contributed by atoms with Gasteiger partial charge < -0.3 is 10.1 Å². The maximum Gasteiger partial charge on any atom is 0.293 e. The van der Waals surface area contributed by atoms with Gasteiger partial charge in [0.25, 0.3) is 5.56 Å². The molecule has 1 aliphatic carbocycles. The molecule has 4 aromatic rings. The third kappa shape index (κ3) is 4.00. The molecule has 0 aliphatic heterocycles. The van der Waals surface area contributed by atoms with Crippen LogP contribution in [0.2, 0.25) is 0 Å². The number of amides is 1. The summed E-state index contributed by atoms with van der Waals surface area (Å²) in [7, 11) is 1.57. The van der Waals surface area contributed by atoms with E-state index < -0.39 is 0 Å². The summed E-state index contributed by atoms with van der Waals surface area (Å²) in [6.45, 7) is 3.88. The number of hydrogen-bond donors (Lipinski definition) is 1. The van der Waals surface area contributed by atoms with Crippen LogP contribution >= 0.6 is 0 Å². The second-order valence-corrected chi connectivity index (χ2v) is 8.49. The number of carbonyl (C=O) groups is 1. The SMILES string of the molecule is COc1cccc(NC(=O)Cn2nc(C3CC3)c3cnn(-c4ccc(C)c(C)c4)c3c2=O)c1. The van der Waals surface area contributed by atoms with Crippen molar-refractivity contribution < 1.29 is 9.53 Å².